The Labute approximate surface area is 118 Å². The lowest BCUT2D eigenvalue weighted by Crippen LogP contribution is -2.06. The predicted octanol–water partition coefficient (Wildman–Crippen LogP) is 3.89. The fourth-order valence-electron chi connectivity index (χ4n) is 4.01. The third kappa shape index (κ3) is 1.80. The molecule has 2 unspecified atom stereocenters. The molecule has 2 atom stereocenters. The van der Waals surface area contributed by atoms with Gasteiger partial charge in [0.15, 0.2) is 5.78 Å². The summed E-state index contributed by atoms with van der Waals surface area (Å²) in [7, 11) is 0. The standard InChI is InChI=1S/C16H17ClO2/c17-10-7-9-5-6-19-16(9)13(8-10)15(18)14-11-3-1-2-4-12(11)14/h7-8,11-12,14H,1-6H2. The number of ether oxygens (including phenoxy) is 1. The van der Waals surface area contributed by atoms with Crippen molar-refractivity contribution >= 4 is 17.4 Å². The van der Waals surface area contributed by atoms with Crippen LogP contribution in [0, 0.1) is 17.8 Å². The molecular formula is C16H17ClO2. The average Bonchev–Trinajstić information content (AvgIpc) is 2.96. The molecule has 0 aromatic heterocycles. The van der Waals surface area contributed by atoms with Crippen molar-refractivity contribution in [2.75, 3.05) is 6.61 Å². The molecule has 19 heavy (non-hydrogen) atoms. The van der Waals surface area contributed by atoms with Crippen LogP contribution in [0.15, 0.2) is 12.1 Å². The molecule has 100 valence electrons. The molecule has 2 fully saturated rings. The lowest BCUT2D eigenvalue weighted by Gasteiger charge is -2.08. The van der Waals surface area contributed by atoms with Crippen molar-refractivity contribution in [3.63, 3.8) is 0 Å². The molecule has 1 aromatic rings. The van der Waals surface area contributed by atoms with Gasteiger partial charge in [0.2, 0.25) is 0 Å². The Bertz CT molecular complexity index is 540. The number of Topliss-reactive ketones (excluding diaryl/α,β-unsaturated/α-hetero) is 1. The summed E-state index contributed by atoms with van der Waals surface area (Å²) in [4.78, 5) is 12.7. The molecule has 1 heterocycles. The van der Waals surface area contributed by atoms with Gasteiger partial charge < -0.3 is 4.74 Å². The Kier molecular flexibility index (Phi) is 2.63. The van der Waals surface area contributed by atoms with E-state index in [2.05, 4.69) is 0 Å². The second kappa shape index (κ2) is 4.24. The van der Waals surface area contributed by atoms with E-state index in [1.807, 2.05) is 6.07 Å². The van der Waals surface area contributed by atoms with Crippen molar-refractivity contribution in [2.24, 2.45) is 17.8 Å². The van der Waals surface area contributed by atoms with Crippen molar-refractivity contribution in [1.82, 2.24) is 0 Å². The quantitative estimate of drug-likeness (QED) is 0.766. The van der Waals surface area contributed by atoms with Crippen LogP contribution in [0.1, 0.15) is 41.6 Å². The fourth-order valence-corrected chi connectivity index (χ4v) is 4.25. The van der Waals surface area contributed by atoms with E-state index in [0.29, 0.717) is 23.5 Å². The summed E-state index contributed by atoms with van der Waals surface area (Å²) >= 11 is 6.14. The highest BCUT2D eigenvalue weighted by atomic mass is 35.5. The second-order valence-electron chi connectivity index (χ2n) is 6.04. The van der Waals surface area contributed by atoms with Crippen LogP contribution in [0.25, 0.3) is 0 Å². The molecular weight excluding hydrogens is 260 g/mol. The summed E-state index contributed by atoms with van der Waals surface area (Å²) in [6.07, 6.45) is 5.90. The first-order valence-electron chi connectivity index (χ1n) is 7.25. The minimum atomic E-state index is 0.245. The van der Waals surface area contributed by atoms with Gasteiger partial charge in [-0.2, -0.15) is 0 Å². The summed E-state index contributed by atoms with van der Waals surface area (Å²) in [5, 5.41) is 0.663. The maximum absolute atomic E-state index is 12.7. The Hall–Kier alpha value is -1.02. The van der Waals surface area contributed by atoms with Crippen molar-refractivity contribution in [1.29, 1.82) is 0 Å². The van der Waals surface area contributed by atoms with E-state index < -0.39 is 0 Å². The number of rotatable bonds is 2. The third-order valence-electron chi connectivity index (χ3n) is 4.97. The van der Waals surface area contributed by atoms with E-state index in [-0.39, 0.29) is 11.7 Å². The zero-order valence-electron chi connectivity index (χ0n) is 10.8. The molecule has 2 saturated carbocycles. The summed E-state index contributed by atoms with van der Waals surface area (Å²) in [6, 6.07) is 3.74. The minimum absolute atomic E-state index is 0.245. The van der Waals surface area contributed by atoms with Gasteiger partial charge in [0, 0.05) is 17.4 Å². The highest BCUT2D eigenvalue weighted by Crippen LogP contribution is 2.57. The highest BCUT2D eigenvalue weighted by molar-refractivity contribution is 6.31. The summed E-state index contributed by atoms with van der Waals surface area (Å²) in [6.45, 7) is 0.674. The van der Waals surface area contributed by atoms with Gasteiger partial charge >= 0.3 is 0 Å². The largest absolute Gasteiger partial charge is 0.492 e. The van der Waals surface area contributed by atoms with E-state index in [4.69, 9.17) is 16.3 Å². The fraction of sp³-hybridized carbons (Fsp3) is 0.562. The first-order chi connectivity index (χ1) is 9.25. The molecule has 0 bridgehead atoms. The van der Waals surface area contributed by atoms with Crippen molar-refractivity contribution in [3.8, 4) is 5.75 Å². The van der Waals surface area contributed by atoms with Crippen LogP contribution in [0.5, 0.6) is 5.75 Å². The number of benzene rings is 1. The molecule has 0 radical (unpaired) electrons. The van der Waals surface area contributed by atoms with Crippen LogP contribution in [0.2, 0.25) is 5.02 Å². The van der Waals surface area contributed by atoms with Gasteiger partial charge in [0.25, 0.3) is 0 Å². The number of hydrogen-bond acceptors (Lipinski definition) is 2. The number of carbonyl (C=O) groups excluding carboxylic acids is 1. The molecule has 3 heteroatoms. The van der Waals surface area contributed by atoms with E-state index in [0.717, 1.165) is 23.3 Å². The maximum atomic E-state index is 12.7. The van der Waals surface area contributed by atoms with Gasteiger partial charge in [-0.05, 0) is 42.4 Å². The van der Waals surface area contributed by atoms with Gasteiger partial charge in [-0.15, -0.1) is 0 Å². The highest BCUT2D eigenvalue weighted by Gasteiger charge is 2.55. The monoisotopic (exact) mass is 276 g/mol. The molecule has 0 spiro atoms. The van der Waals surface area contributed by atoms with E-state index in [9.17, 15) is 4.79 Å². The van der Waals surface area contributed by atoms with Gasteiger partial charge in [-0.1, -0.05) is 24.4 Å². The maximum Gasteiger partial charge on any atom is 0.170 e. The number of ketones is 1. The SMILES string of the molecule is O=C(c1cc(Cl)cc2c1OCC2)C1C2CCCCC21. The number of carbonyl (C=O) groups is 1. The molecule has 0 amide bonds. The summed E-state index contributed by atoms with van der Waals surface area (Å²) in [5.74, 6) is 2.60. The number of halogens is 1. The molecule has 4 rings (SSSR count). The Balaban J connectivity index is 1.68. The normalized spacial score (nSPS) is 31.3. The van der Waals surface area contributed by atoms with Gasteiger partial charge in [-0.3, -0.25) is 4.79 Å². The number of fused-ring (bicyclic) bond motifs is 2. The lowest BCUT2D eigenvalue weighted by molar-refractivity contribution is 0.0953. The molecule has 1 aromatic carbocycles. The topological polar surface area (TPSA) is 26.3 Å². The zero-order valence-corrected chi connectivity index (χ0v) is 11.6. The van der Waals surface area contributed by atoms with Gasteiger partial charge in [0.05, 0.1) is 12.2 Å². The van der Waals surface area contributed by atoms with Crippen LogP contribution < -0.4 is 4.74 Å². The van der Waals surface area contributed by atoms with Crippen LogP contribution >= 0.6 is 11.6 Å². The second-order valence-corrected chi connectivity index (χ2v) is 6.48. The van der Waals surface area contributed by atoms with Crippen LogP contribution in [-0.4, -0.2) is 12.4 Å². The Morgan fingerprint density at radius 2 is 1.95 bits per heavy atom. The predicted molar refractivity (Wildman–Crippen MR) is 73.9 cm³/mol. The van der Waals surface area contributed by atoms with Crippen LogP contribution in [-0.2, 0) is 6.42 Å². The van der Waals surface area contributed by atoms with Crippen molar-refractivity contribution in [3.05, 3.63) is 28.3 Å². The zero-order chi connectivity index (χ0) is 13.0. The van der Waals surface area contributed by atoms with Crippen LogP contribution in [0.4, 0.5) is 0 Å². The summed E-state index contributed by atoms with van der Waals surface area (Å²) in [5.41, 5.74) is 1.83. The molecule has 2 nitrogen and oxygen atoms in total. The van der Waals surface area contributed by atoms with Gasteiger partial charge in [0.1, 0.15) is 5.75 Å². The molecule has 0 N–H and O–H groups in total. The molecule has 2 aliphatic carbocycles. The lowest BCUT2D eigenvalue weighted by atomic mass is 10.0. The average molecular weight is 277 g/mol. The summed E-state index contributed by atoms with van der Waals surface area (Å²) < 4.78 is 5.66. The Morgan fingerprint density at radius 3 is 2.68 bits per heavy atom. The first kappa shape index (κ1) is 11.8. The molecule has 0 saturated heterocycles. The molecule has 1 aliphatic heterocycles. The van der Waals surface area contributed by atoms with Crippen molar-refractivity contribution in [2.45, 2.75) is 32.1 Å². The first-order valence-corrected chi connectivity index (χ1v) is 7.63. The molecule has 3 aliphatic rings. The van der Waals surface area contributed by atoms with E-state index in [1.54, 1.807) is 6.07 Å². The number of hydrogen-bond donors (Lipinski definition) is 0. The van der Waals surface area contributed by atoms with Gasteiger partial charge in [-0.25, -0.2) is 0 Å². The van der Waals surface area contributed by atoms with Crippen LogP contribution in [0.3, 0.4) is 0 Å². The smallest absolute Gasteiger partial charge is 0.170 e. The Morgan fingerprint density at radius 1 is 1.21 bits per heavy atom. The minimum Gasteiger partial charge on any atom is -0.492 e. The third-order valence-corrected chi connectivity index (χ3v) is 5.19. The van der Waals surface area contributed by atoms with E-state index >= 15 is 0 Å². The van der Waals surface area contributed by atoms with Crippen molar-refractivity contribution < 1.29 is 9.53 Å². The van der Waals surface area contributed by atoms with E-state index in [1.165, 1.54) is 25.7 Å².